The molecule has 1 aromatic heterocycles. The molecule has 1 aliphatic carbocycles. The third kappa shape index (κ3) is 2.10. The molecule has 1 saturated carbocycles. The van der Waals surface area contributed by atoms with Crippen LogP contribution in [-0.4, -0.2) is 11.9 Å². The van der Waals surface area contributed by atoms with Crippen molar-refractivity contribution in [1.29, 1.82) is 5.26 Å². The number of carbonyl (C=O) groups is 1. The minimum atomic E-state index is -0.0362. The minimum absolute atomic E-state index is 0.0112. The van der Waals surface area contributed by atoms with Crippen LogP contribution in [0.25, 0.3) is 0 Å². The van der Waals surface area contributed by atoms with E-state index in [1.165, 1.54) is 11.3 Å². The summed E-state index contributed by atoms with van der Waals surface area (Å²) in [4.78, 5) is 11.9. The Hall–Kier alpha value is -1.34. The van der Waals surface area contributed by atoms with Gasteiger partial charge in [-0.3, -0.25) is 4.79 Å². The van der Waals surface area contributed by atoms with Crippen LogP contribution in [0.1, 0.15) is 35.2 Å². The Morgan fingerprint density at radius 1 is 1.56 bits per heavy atom. The Labute approximate surface area is 99.1 Å². The monoisotopic (exact) mass is 234 g/mol. The average Bonchev–Trinajstić information content (AvgIpc) is 2.86. The van der Waals surface area contributed by atoms with Gasteiger partial charge in [0, 0.05) is 11.4 Å². The predicted molar refractivity (Wildman–Crippen MR) is 63.3 cm³/mol. The van der Waals surface area contributed by atoms with Crippen LogP contribution in [0.4, 0.5) is 0 Å². The molecule has 2 atom stereocenters. The number of nitrogens with zero attached hydrogens (tertiary/aromatic N) is 1. The number of hydrogen-bond donors (Lipinski definition) is 1. The number of thiophene rings is 1. The summed E-state index contributed by atoms with van der Waals surface area (Å²) >= 11 is 1.53. The number of nitrogens with one attached hydrogen (secondary N) is 1. The Morgan fingerprint density at radius 2 is 2.38 bits per heavy atom. The van der Waals surface area contributed by atoms with E-state index in [1.807, 2.05) is 17.7 Å². The summed E-state index contributed by atoms with van der Waals surface area (Å²) in [5, 5.41) is 15.7. The molecule has 2 unspecified atom stereocenters. The van der Waals surface area contributed by atoms with Gasteiger partial charge in [0.05, 0.1) is 17.6 Å². The summed E-state index contributed by atoms with van der Waals surface area (Å²) in [6.07, 6.45) is 2.86. The van der Waals surface area contributed by atoms with E-state index in [2.05, 4.69) is 11.4 Å². The Kier molecular flexibility index (Phi) is 3.25. The predicted octanol–water partition coefficient (Wildman–Crippen LogP) is 2.48. The van der Waals surface area contributed by atoms with Gasteiger partial charge in [-0.1, -0.05) is 0 Å². The van der Waals surface area contributed by atoms with Crippen molar-refractivity contribution in [2.24, 2.45) is 5.92 Å². The lowest BCUT2D eigenvalue weighted by atomic mass is 10.1. The third-order valence-electron chi connectivity index (χ3n) is 3.10. The SMILES string of the molecule is Cc1cscc1C(=O)NC1CCCC1C#N. The maximum atomic E-state index is 11.9. The molecule has 84 valence electrons. The van der Waals surface area contributed by atoms with Crippen LogP contribution in [0.3, 0.4) is 0 Å². The highest BCUT2D eigenvalue weighted by Gasteiger charge is 2.28. The van der Waals surface area contributed by atoms with E-state index in [9.17, 15) is 4.79 Å². The molecular weight excluding hydrogens is 220 g/mol. The number of hydrogen-bond acceptors (Lipinski definition) is 3. The second-order valence-electron chi connectivity index (χ2n) is 4.21. The molecule has 0 radical (unpaired) electrons. The number of nitriles is 1. The highest BCUT2D eigenvalue weighted by atomic mass is 32.1. The van der Waals surface area contributed by atoms with E-state index < -0.39 is 0 Å². The van der Waals surface area contributed by atoms with E-state index in [0.29, 0.717) is 0 Å². The fourth-order valence-corrected chi connectivity index (χ4v) is 2.95. The van der Waals surface area contributed by atoms with Crippen LogP contribution in [0.5, 0.6) is 0 Å². The van der Waals surface area contributed by atoms with E-state index in [0.717, 1.165) is 30.4 Å². The molecule has 16 heavy (non-hydrogen) atoms. The Bertz CT molecular complexity index is 432. The molecule has 4 heteroatoms. The van der Waals surface area contributed by atoms with Crippen LogP contribution in [0.15, 0.2) is 10.8 Å². The quantitative estimate of drug-likeness (QED) is 0.854. The summed E-state index contributed by atoms with van der Waals surface area (Å²) in [5.74, 6) is -0.0474. The van der Waals surface area contributed by atoms with Gasteiger partial charge in [-0.15, -0.1) is 0 Å². The first-order valence-electron chi connectivity index (χ1n) is 5.45. The lowest BCUT2D eigenvalue weighted by Gasteiger charge is -2.15. The number of carbonyl (C=O) groups excluding carboxylic acids is 1. The van der Waals surface area contributed by atoms with Gasteiger partial charge in [0.25, 0.3) is 5.91 Å². The molecule has 1 fully saturated rings. The topological polar surface area (TPSA) is 52.9 Å². The molecule has 1 N–H and O–H groups in total. The zero-order valence-electron chi connectivity index (χ0n) is 9.19. The second-order valence-corrected chi connectivity index (χ2v) is 4.96. The van der Waals surface area contributed by atoms with Gasteiger partial charge >= 0.3 is 0 Å². The number of rotatable bonds is 2. The molecule has 1 amide bonds. The van der Waals surface area contributed by atoms with Crippen molar-refractivity contribution in [3.8, 4) is 6.07 Å². The molecule has 1 aliphatic rings. The standard InChI is InChI=1S/C12H14N2OS/c1-8-6-16-7-10(8)12(15)14-11-4-2-3-9(11)5-13/h6-7,9,11H,2-4H2,1H3,(H,14,15). The van der Waals surface area contributed by atoms with Crippen molar-refractivity contribution in [3.05, 3.63) is 21.9 Å². The first-order chi connectivity index (χ1) is 7.72. The fraction of sp³-hybridized carbons (Fsp3) is 0.500. The van der Waals surface area contributed by atoms with Gasteiger partial charge in [0.2, 0.25) is 0 Å². The molecule has 1 heterocycles. The smallest absolute Gasteiger partial charge is 0.252 e. The van der Waals surface area contributed by atoms with Crippen LogP contribution >= 0.6 is 11.3 Å². The summed E-state index contributed by atoms with van der Waals surface area (Å²) < 4.78 is 0. The van der Waals surface area contributed by atoms with Crippen molar-refractivity contribution in [2.45, 2.75) is 32.2 Å². The average molecular weight is 234 g/mol. The van der Waals surface area contributed by atoms with Gasteiger partial charge in [0.1, 0.15) is 0 Å². The first-order valence-corrected chi connectivity index (χ1v) is 6.40. The summed E-state index contributed by atoms with van der Waals surface area (Å²) in [5.41, 5.74) is 1.75. The maximum Gasteiger partial charge on any atom is 0.252 e. The molecule has 3 nitrogen and oxygen atoms in total. The molecule has 2 rings (SSSR count). The molecular formula is C12H14N2OS. The van der Waals surface area contributed by atoms with Crippen LogP contribution in [-0.2, 0) is 0 Å². The van der Waals surface area contributed by atoms with Gasteiger partial charge in [-0.25, -0.2) is 0 Å². The summed E-state index contributed by atoms with van der Waals surface area (Å²) in [6.45, 7) is 1.93. The Balaban J connectivity index is 2.03. The van der Waals surface area contributed by atoms with E-state index in [1.54, 1.807) is 0 Å². The van der Waals surface area contributed by atoms with Crippen molar-refractivity contribution < 1.29 is 4.79 Å². The van der Waals surface area contributed by atoms with E-state index in [4.69, 9.17) is 5.26 Å². The maximum absolute atomic E-state index is 11.9. The largest absolute Gasteiger partial charge is 0.348 e. The van der Waals surface area contributed by atoms with Crippen molar-refractivity contribution in [1.82, 2.24) is 5.32 Å². The van der Waals surface area contributed by atoms with Crippen molar-refractivity contribution in [2.75, 3.05) is 0 Å². The van der Waals surface area contributed by atoms with Crippen molar-refractivity contribution >= 4 is 17.2 Å². The Morgan fingerprint density at radius 3 is 3.00 bits per heavy atom. The lowest BCUT2D eigenvalue weighted by Crippen LogP contribution is -2.36. The number of aryl methyl sites for hydroxylation is 1. The molecule has 0 aliphatic heterocycles. The van der Waals surface area contributed by atoms with E-state index in [-0.39, 0.29) is 17.9 Å². The fourth-order valence-electron chi connectivity index (χ4n) is 2.13. The second kappa shape index (κ2) is 4.67. The van der Waals surface area contributed by atoms with Crippen LogP contribution < -0.4 is 5.32 Å². The van der Waals surface area contributed by atoms with Gasteiger partial charge in [0.15, 0.2) is 0 Å². The molecule has 0 bridgehead atoms. The van der Waals surface area contributed by atoms with Gasteiger partial charge in [-0.05, 0) is 37.1 Å². The highest BCUT2D eigenvalue weighted by Crippen LogP contribution is 2.25. The van der Waals surface area contributed by atoms with Gasteiger partial charge < -0.3 is 5.32 Å². The lowest BCUT2D eigenvalue weighted by molar-refractivity contribution is 0.0932. The van der Waals surface area contributed by atoms with E-state index >= 15 is 0 Å². The third-order valence-corrected chi connectivity index (χ3v) is 3.96. The number of amides is 1. The molecule has 1 aromatic rings. The molecule has 0 aromatic carbocycles. The highest BCUT2D eigenvalue weighted by molar-refractivity contribution is 7.08. The zero-order valence-corrected chi connectivity index (χ0v) is 10.0. The zero-order chi connectivity index (χ0) is 11.5. The van der Waals surface area contributed by atoms with Crippen LogP contribution in [0, 0.1) is 24.2 Å². The summed E-state index contributed by atoms with van der Waals surface area (Å²) in [7, 11) is 0. The first kappa shape index (κ1) is 11.2. The normalized spacial score (nSPS) is 24.0. The summed E-state index contributed by atoms with van der Waals surface area (Å²) in [6, 6.07) is 2.31. The van der Waals surface area contributed by atoms with Crippen LogP contribution in [0.2, 0.25) is 0 Å². The van der Waals surface area contributed by atoms with Crippen molar-refractivity contribution in [3.63, 3.8) is 0 Å². The minimum Gasteiger partial charge on any atom is -0.348 e. The molecule has 0 spiro atoms. The molecule has 0 saturated heterocycles. The van der Waals surface area contributed by atoms with Gasteiger partial charge in [-0.2, -0.15) is 16.6 Å².